The molecule has 1 heterocycles. The molecule has 0 bridgehead atoms. The molecule has 0 spiro atoms. The lowest BCUT2D eigenvalue weighted by Gasteiger charge is -2.10. The fraction of sp³-hybridized carbons (Fsp3) is 0.167. The maximum absolute atomic E-state index is 13.1. The van der Waals surface area contributed by atoms with Gasteiger partial charge in [-0.1, -0.05) is 0 Å². The van der Waals surface area contributed by atoms with E-state index in [0.717, 1.165) is 6.07 Å². The summed E-state index contributed by atoms with van der Waals surface area (Å²) in [4.78, 5) is 11.8. The number of aryl methyl sites for hydroxylation is 1. The third-order valence-corrected chi connectivity index (χ3v) is 2.60. The number of anilines is 1. The zero-order chi connectivity index (χ0) is 14.9. The maximum Gasteiger partial charge on any atom is 0.419 e. The van der Waals surface area contributed by atoms with Crippen LogP contribution in [0.3, 0.4) is 0 Å². The standard InChI is InChI=1S/C12H9F4N3O/c1-19-10(4-5-17-19)18-11(20)7-2-3-9(13)8(6-7)12(14,15)16/h2-6H,1H3,(H,18,20). The molecule has 0 fully saturated rings. The third kappa shape index (κ3) is 2.79. The molecule has 2 rings (SSSR count). The Bertz CT molecular complexity index is 648. The first-order valence-electron chi connectivity index (χ1n) is 5.45. The van der Waals surface area contributed by atoms with Gasteiger partial charge in [-0.3, -0.25) is 9.48 Å². The molecule has 1 aromatic heterocycles. The highest BCUT2D eigenvalue weighted by atomic mass is 19.4. The fourth-order valence-electron chi connectivity index (χ4n) is 1.57. The summed E-state index contributed by atoms with van der Waals surface area (Å²) in [7, 11) is 1.56. The van der Waals surface area contributed by atoms with E-state index in [9.17, 15) is 22.4 Å². The van der Waals surface area contributed by atoms with Crippen molar-refractivity contribution in [3.63, 3.8) is 0 Å². The number of carbonyl (C=O) groups excluding carboxylic acids is 1. The van der Waals surface area contributed by atoms with E-state index >= 15 is 0 Å². The highest BCUT2D eigenvalue weighted by molar-refractivity contribution is 6.03. The van der Waals surface area contributed by atoms with Gasteiger partial charge in [-0.2, -0.15) is 18.3 Å². The van der Waals surface area contributed by atoms with E-state index in [1.165, 1.54) is 16.9 Å². The number of benzene rings is 1. The van der Waals surface area contributed by atoms with Crippen molar-refractivity contribution in [3.8, 4) is 0 Å². The molecule has 8 heteroatoms. The Morgan fingerprint density at radius 1 is 1.30 bits per heavy atom. The van der Waals surface area contributed by atoms with Crippen LogP contribution >= 0.6 is 0 Å². The minimum absolute atomic E-state index is 0.292. The molecule has 20 heavy (non-hydrogen) atoms. The van der Waals surface area contributed by atoms with Gasteiger partial charge in [-0.25, -0.2) is 4.39 Å². The number of hydrogen-bond donors (Lipinski definition) is 1. The number of nitrogens with zero attached hydrogens (tertiary/aromatic N) is 2. The molecule has 0 aliphatic carbocycles. The molecule has 2 aromatic rings. The lowest BCUT2D eigenvalue weighted by Crippen LogP contribution is -2.16. The average molecular weight is 287 g/mol. The van der Waals surface area contributed by atoms with Crippen LogP contribution in [0.25, 0.3) is 0 Å². The quantitative estimate of drug-likeness (QED) is 0.863. The summed E-state index contributed by atoms with van der Waals surface area (Å²) >= 11 is 0. The molecule has 4 nitrogen and oxygen atoms in total. The van der Waals surface area contributed by atoms with Crippen LogP contribution < -0.4 is 5.32 Å². The number of halogens is 4. The molecule has 1 amide bonds. The number of hydrogen-bond acceptors (Lipinski definition) is 2. The maximum atomic E-state index is 13.1. The zero-order valence-electron chi connectivity index (χ0n) is 10.2. The predicted octanol–water partition coefficient (Wildman–Crippen LogP) is 2.83. The van der Waals surface area contributed by atoms with Crippen LogP contribution in [0.5, 0.6) is 0 Å². The van der Waals surface area contributed by atoms with Crippen LogP contribution in [-0.2, 0) is 13.2 Å². The largest absolute Gasteiger partial charge is 0.419 e. The summed E-state index contributed by atoms with van der Waals surface area (Å²) in [6.45, 7) is 0. The van der Waals surface area contributed by atoms with Crippen LogP contribution in [0.4, 0.5) is 23.4 Å². The van der Waals surface area contributed by atoms with Crippen molar-refractivity contribution in [2.75, 3.05) is 5.32 Å². The average Bonchev–Trinajstić information content (AvgIpc) is 2.74. The summed E-state index contributed by atoms with van der Waals surface area (Å²) < 4.78 is 52.1. The smallest absolute Gasteiger partial charge is 0.307 e. The van der Waals surface area contributed by atoms with E-state index in [0.29, 0.717) is 18.0 Å². The molecule has 0 aliphatic rings. The van der Waals surface area contributed by atoms with Crippen LogP contribution in [0, 0.1) is 5.82 Å². The van der Waals surface area contributed by atoms with E-state index < -0.39 is 23.5 Å². The van der Waals surface area contributed by atoms with Gasteiger partial charge in [0.2, 0.25) is 0 Å². The lowest BCUT2D eigenvalue weighted by atomic mass is 10.1. The highest BCUT2D eigenvalue weighted by Gasteiger charge is 2.34. The predicted molar refractivity (Wildman–Crippen MR) is 62.6 cm³/mol. The first-order valence-corrected chi connectivity index (χ1v) is 5.45. The van der Waals surface area contributed by atoms with Crippen molar-refractivity contribution in [1.82, 2.24) is 9.78 Å². The molecule has 0 saturated carbocycles. The van der Waals surface area contributed by atoms with Gasteiger partial charge in [0, 0.05) is 18.7 Å². The Labute approximate surface area is 111 Å². The number of amides is 1. The van der Waals surface area contributed by atoms with Gasteiger partial charge in [0.1, 0.15) is 11.6 Å². The van der Waals surface area contributed by atoms with Gasteiger partial charge in [0.05, 0.1) is 11.8 Å². The van der Waals surface area contributed by atoms with Crippen molar-refractivity contribution in [3.05, 3.63) is 47.4 Å². The minimum atomic E-state index is -4.85. The molecular weight excluding hydrogens is 278 g/mol. The Kier molecular flexibility index (Phi) is 3.47. The summed E-state index contributed by atoms with van der Waals surface area (Å²) in [5.41, 5.74) is -1.77. The molecule has 0 radical (unpaired) electrons. The Morgan fingerprint density at radius 3 is 2.55 bits per heavy atom. The van der Waals surface area contributed by atoms with Gasteiger partial charge >= 0.3 is 6.18 Å². The second kappa shape index (κ2) is 4.95. The topological polar surface area (TPSA) is 46.9 Å². The molecule has 1 aromatic carbocycles. The van der Waals surface area contributed by atoms with E-state index in [1.54, 1.807) is 7.05 Å². The monoisotopic (exact) mass is 287 g/mol. The van der Waals surface area contributed by atoms with Crippen LogP contribution in [-0.4, -0.2) is 15.7 Å². The van der Waals surface area contributed by atoms with Crippen LogP contribution in [0.2, 0.25) is 0 Å². The minimum Gasteiger partial charge on any atom is -0.307 e. The van der Waals surface area contributed by atoms with Gasteiger partial charge in [0.25, 0.3) is 5.91 Å². The molecule has 0 unspecified atom stereocenters. The number of nitrogens with one attached hydrogen (secondary N) is 1. The van der Waals surface area contributed by atoms with Gasteiger partial charge in [-0.15, -0.1) is 0 Å². The third-order valence-electron chi connectivity index (χ3n) is 2.60. The second-order valence-electron chi connectivity index (χ2n) is 3.99. The van der Waals surface area contributed by atoms with Crippen molar-refractivity contribution >= 4 is 11.7 Å². The summed E-state index contributed by atoms with van der Waals surface area (Å²) in [6.07, 6.45) is -3.44. The van der Waals surface area contributed by atoms with E-state index in [-0.39, 0.29) is 5.56 Å². The van der Waals surface area contributed by atoms with Crippen molar-refractivity contribution in [2.24, 2.45) is 7.05 Å². The molecule has 106 valence electrons. The Morgan fingerprint density at radius 2 is 2.00 bits per heavy atom. The lowest BCUT2D eigenvalue weighted by molar-refractivity contribution is -0.140. The van der Waals surface area contributed by atoms with Crippen molar-refractivity contribution in [2.45, 2.75) is 6.18 Å². The van der Waals surface area contributed by atoms with Crippen molar-refractivity contribution in [1.29, 1.82) is 0 Å². The highest BCUT2D eigenvalue weighted by Crippen LogP contribution is 2.32. The van der Waals surface area contributed by atoms with E-state index in [4.69, 9.17) is 0 Å². The van der Waals surface area contributed by atoms with Crippen molar-refractivity contribution < 1.29 is 22.4 Å². The Hall–Kier alpha value is -2.38. The molecule has 0 aliphatic heterocycles. The van der Waals surface area contributed by atoms with Gasteiger partial charge in [0.15, 0.2) is 0 Å². The van der Waals surface area contributed by atoms with E-state index in [2.05, 4.69) is 10.4 Å². The first kappa shape index (κ1) is 14.0. The summed E-state index contributed by atoms with van der Waals surface area (Å²) in [6, 6.07) is 3.55. The molecule has 0 atom stereocenters. The Balaban J connectivity index is 2.29. The normalized spacial score (nSPS) is 11.4. The number of aromatic nitrogens is 2. The number of alkyl halides is 3. The van der Waals surface area contributed by atoms with Gasteiger partial charge < -0.3 is 5.32 Å². The molecule has 1 N–H and O–H groups in total. The van der Waals surface area contributed by atoms with Crippen LogP contribution in [0.1, 0.15) is 15.9 Å². The second-order valence-corrected chi connectivity index (χ2v) is 3.99. The summed E-state index contributed by atoms with van der Waals surface area (Å²) in [5.74, 6) is -1.89. The SMILES string of the molecule is Cn1nccc1NC(=O)c1ccc(F)c(C(F)(F)F)c1. The molecular formula is C12H9F4N3O. The van der Waals surface area contributed by atoms with E-state index in [1.807, 2.05) is 0 Å². The molecule has 0 saturated heterocycles. The first-order chi connectivity index (χ1) is 9.29. The fourth-order valence-corrected chi connectivity index (χ4v) is 1.57. The van der Waals surface area contributed by atoms with Crippen LogP contribution in [0.15, 0.2) is 30.5 Å². The zero-order valence-corrected chi connectivity index (χ0v) is 10.2. The number of carbonyl (C=O) groups is 1. The van der Waals surface area contributed by atoms with Gasteiger partial charge in [-0.05, 0) is 18.2 Å². The summed E-state index contributed by atoms with van der Waals surface area (Å²) in [5, 5.41) is 6.17. The number of rotatable bonds is 2.